The molecule has 48 heteroatoms. The van der Waals surface area contributed by atoms with Crippen molar-refractivity contribution in [2.24, 2.45) is 0 Å². The predicted molar refractivity (Wildman–Crippen MR) is 554 cm³/mol. The van der Waals surface area contributed by atoms with Crippen LogP contribution in [-0.4, -0.2) is 255 Å². The van der Waals surface area contributed by atoms with Gasteiger partial charge in [0.1, 0.15) is 0 Å². The molecule has 16 nitrogen and oxygen atoms in total. The third-order valence-corrected chi connectivity index (χ3v) is 45.9. The molecule has 0 aliphatic rings. The van der Waals surface area contributed by atoms with Crippen LogP contribution in [0.5, 0.6) is 0 Å². The summed E-state index contributed by atoms with van der Waals surface area (Å²) in [6, 6.07) is 45.1. The molecule has 0 unspecified atom stereocenters. The van der Waals surface area contributed by atoms with Gasteiger partial charge in [-0.05, 0) is 90.0 Å². The molecule has 0 saturated carbocycles. The zero-order chi connectivity index (χ0) is 100.0. The molecule has 0 fully saturated rings. The molecular weight excluding hydrogens is 2180 g/mol. The van der Waals surface area contributed by atoms with E-state index in [4.69, 9.17) is 0 Å². The molecule has 0 N–H and O–H groups in total. The van der Waals surface area contributed by atoms with Crippen LogP contribution in [0.25, 0.3) is 0 Å². The predicted octanol–water partition coefficient (Wildman–Crippen LogP) is 16.3. The number of nitrogens with zero attached hydrogens (tertiary/aromatic N) is 8. The molecule has 8 aromatic heterocycles. The van der Waals surface area contributed by atoms with Gasteiger partial charge in [-0.15, -0.1) is 0 Å². The van der Waals surface area contributed by atoms with Crippen LogP contribution < -0.4 is 41.5 Å². The third-order valence-electron chi connectivity index (χ3n) is 17.0. The molecule has 0 aromatic carbocycles. The van der Waals surface area contributed by atoms with Gasteiger partial charge in [0.05, 0.1) is 64.6 Å². The fourth-order valence-electron chi connectivity index (χ4n) is 9.76. The summed E-state index contributed by atoms with van der Waals surface area (Å²) in [5.41, 5.74) is 0. The van der Waals surface area contributed by atoms with Gasteiger partial charge in [-0.25, -0.2) is 0 Å². The first kappa shape index (κ1) is 140. The van der Waals surface area contributed by atoms with Crippen molar-refractivity contribution in [1.82, 2.24) is 39.9 Å². The first-order chi connectivity index (χ1) is 56.4. The topological polar surface area (TPSA) is 240 Å². The summed E-state index contributed by atoms with van der Waals surface area (Å²) >= 11 is 0. The van der Waals surface area contributed by atoms with E-state index in [1.54, 1.807) is 100 Å². The minimum atomic E-state index is -10.8. The number of pyridine rings is 8. The summed E-state index contributed by atoms with van der Waals surface area (Å²) in [5, 5.41) is 11.7. The van der Waals surface area contributed by atoms with Crippen LogP contribution in [0.1, 0.15) is 0 Å². The molecule has 0 aliphatic heterocycles. The maximum absolute atomic E-state index is 10.8. The molecule has 744 valence electrons. The average molecular weight is 2320 g/mol. The van der Waals surface area contributed by atoms with Crippen molar-refractivity contribution in [3.63, 3.8) is 0 Å². The minimum Gasteiger partial charge on any atom is 2.00 e. The minimum absolute atomic E-state index is 0. The molecule has 0 spiro atoms. The quantitative estimate of drug-likeness (QED) is 0.0391. The van der Waals surface area contributed by atoms with Gasteiger partial charge in [-0.1, -0.05) is 202 Å². The van der Waals surface area contributed by atoms with Crippen molar-refractivity contribution < 1.29 is 124 Å². The van der Waals surface area contributed by atoms with E-state index >= 15 is 0 Å². The van der Waals surface area contributed by atoms with Crippen molar-refractivity contribution in [2.45, 2.75) is 153 Å². The Bertz CT molecular complexity index is 3630. The second kappa shape index (κ2) is 64.2. The van der Waals surface area contributed by atoms with E-state index in [9.17, 15) is 83.0 Å². The first-order valence-corrected chi connectivity index (χ1v) is 85.0. The zero-order valence-electron chi connectivity index (χ0n) is 80.4. The van der Waals surface area contributed by atoms with Gasteiger partial charge in [-0.3, -0.25) is 73.5 Å². The molecule has 128 heavy (non-hydrogen) atoms. The van der Waals surface area contributed by atoms with E-state index in [0.717, 1.165) is 0 Å². The summed E-state index contributed by atoms with van der Waals surface area (Å²) in [6.07, 6.45) is 57.6. The molecular formula is C80H144F12N8O8Pd2S8Si10. The summed E-state index contributed by atoms with van der Waals surface area (Å²) in [6.45, 7) is 39.3. The Labute approximate surface area is 814 Å². The van der Waals surface area contributed by atoms with E-state index in [2.05, 4.69) is 291 Å². The van der Waals surface area contributed by atoms with Gasteiger partial charge in [0.25, 0.3) is 0 Å². The molecule has 8 rings (SSSR count). The Balaban J connectivity index is -0.000000214. The molecule has 8 aromatic rings. The molecule has 0 bridgehead atoms. The normalized spacial score (nSPS) is 12.5. The Morgan fingerprint density at radius 1 is 0.195 bits per heavy atom. The van der Waals surface area contributed by atoms with Crippen molar-refractivity contribution in [2.75, 3.05) is 100 Å². The van der Waals surface area contributed by atoms with E-state index in [0.29, 0.717) is 0 Å². The molecule has 0 saturated heterocycles. The Morgan fingerprint density at radius 3 is 0.305 bits per heavy atom. The van der Waals surface area contributed by atoms with E-state index < -0.39 is 168 Å². The Morgan fingerprint density at radius 2 is 0.258 bits per heavy atom. The number of hydrogen-bond donors (Lipinski definition) is 0. The Kier molecular flexibility index (Phi) is 70.4. The van der Waals surface area contributed by atoms with Crippen LogP contribution in [0.3, 0.4) is 0 Å². The largest absolute Gasteiger partial charge is 2.00 e. The second-order valence-corrected chi connectivity index (χ2v) is 90.0. The van der Waals surface area contributed by atoms with Crippen molar-refractivity contribution >= 4 is 210 Å². The first-order valence-electron chi connectivity index (χ1n) is 39.0. The van der Waals surface area contributed by atoms with E-state index in [1.165, 1.54) is 89.8 Å². The molecule has 0 aliphatic carbocycles. The molecule has 0 radical (unpaired) electrons. The van der Waals surface area contributed by atoms with Gasteiger partial charge in [0.15, 0.2) is 0 Å². The van der Waals surface area contributed by atoms with Crippen LogP contribution in [0.2, 0.25) is 153 Å². The van der Waals surface area contributed by atoms with Crippen molar-refractivity contribution in [3.8, 4) is 0 Å². The summed E-state index contributed by atoms with van der Waals surface area (Å²) in [4.78, 5) is 34.3. The van der Waals surface area contributed by atoms with Gasteiger partial charge < -0.3 is 0 Å². The number of aromatic nitrogens is 8. The van der Waals surface area contributed by atoms with Gasteiger partial charge in [-0.2, -0.15) is 0 Å². The summed E-state index contributed by atoms with van der Waals surface area (Å²) < 4.78 is 195. The summed E-state index contributed by atoms with van der Waals surface area (Å²) in [7, 11) is -37.5. The standard InChI is InChI=1S/4C16H24N2Si2.8C2H6OS.2F6Si.2Pd/c4*1-19(2,15-7-5-9-17-13-15)11-12-20(3,4)16-8-6-10-18-14-16;8*1-4(2)3;2*1-7(2,3,4,5)6;;/h4*5-10,13-14H,11-12H2,1-4H3;8*1-2H3;;;;/q;;;;;;;;;;;;2*-2;2*+2. The SMILES string of the molecule is CS(C)=O.CS(C)=O.CS(C)=O.CS(C)=O.CS(C)=O.CS(C)=O.CS(C)=O.CS(C)=O.C[Si](C)(CC[Si](C)(C)c1cccnc1)c1cccnc1.C[Si](C)(CC[Si](C)(C)c1cccnc1)c1cccnc1.C[Si](C)(CC[Si](C)(C)c1cccnc1)c1cccnc1.C[Si](C)(CC[Si](C)(C)c1cccnc1)c1cccnc1.F[Si-2](F)(F)(F)(F)F.F[Si-2](F)(F)(F)(F)F.[Pd+2].[Pd+2]. The summed E-state index contributed by atoms with van der Waals surface area (Å²) in [5.74, 6) is 0. The fourth-order valence-corrected chi connectivity index (χ4v) is 39.8. The molecule has 0 amide bonds. The van der Waals surface area contributed by atoms with Crippen LogP contribution in [-0.2, 0) is 127 Å². The smallest absolute Gasteiger partial charge is 2.00 e. The number of rotatable bonds is 20. The Hall–Kier alpha value is -2.95. The van der Waals surface area contributed by atoms with Crippen molar-refractivity contribution in [3.05, 3.63) is 196 Å². The van der Waals surface area contributed by atoms with E-state index in [1.807, 2.05) is 49.6 Å². The number of hydrogen-bond acceptors (Lipinski definition) is 16. The molecule has 0 atom stereocenters. The maximum Gasteiger partial charge on any atom is 2.00 e. The third kappa shape index (κ3) is 97.6. The monoisotopic (exact) mass is 2320 g/mol. The fraction of sp³-hybridized carbons (Fsp3) is 0.500. The van der Waals surface area contributed by atoms with E-state index in [-0.39, 0.29) is 40.8 Å². The number of halogens is 12. The molecule has 8 heterocycles. The van der Waals surface area contributed by atoms with Gasteiger partial charge in [0, 0.05) is 286 Å². The van der Waals surface area contributed by atoms with Crippen LogP contribution in [0, 0.1) is 0 Å². The van der Waals surface area contributed by atoms with Crippen LogP contribution >= 0.6 is 0 Å². The second-order valence-electron chi connectivity index (χ2n) is 35.1. The maximum atomic E-state index is 9.88. The van der Waals surface area contributed by atoms with Gasteiger partial charge >= 0.3 is 107 Å². The average Bonchev–Trinajstić information content (AvgIpc) is 0.791. The zero-order valence-corrected chi connectivity index (χ0v) is 100. The van der Waals surface area contributed by atoms with Crippen molar-refractivity contribution in [1.29, 1.82) is 0 Å². The van der Waals surface area contributed by atoms with Crippen LogP contribution in [0.15, 0.2) is 196 Å². The van der Waals surface area contributed by atoms with Crippen LogP contribution in [0.4, 0.5) is 49.3 Å². The van der Waals surface area contributed by atoms with Gasteiger partial charge in [0.2, 0.25) is 0 Å².